The Balaban J connectivity index is -0.000000151. The van der Waals surface area contributed by atoms with E-state index >= 15 is 0 Å². The fraction of sp³-hybridized carbons (Fsp3) is 0.250. The van der Waals surface area contributed by atoms with Gasteiger partial charge in [-0.25, -0.2) is 0 Å². The average Bonchev–Trinajstić information content (AvgIpc) is 2.01. The van der Waals surface area contributed by atoms with E-state index in [0.29, 0.717) is 18.0 Å². The molecule has 3 nitrogen and oxygen atoms in total. The van der Waals surface area contributed by atoms with Crippen LogP contribution < -0.4 is 85.8 Å². The van der Waals surface area contributed by atoms with Gasteiger partial charge in [-0.2, -0.15) is 0 Å². The molecule has 0 radical (unpaired) electrons. The minimum absolute atomic E-state index is 0. The van der Waals surface area contributed by atoms with Gasteiger partial charge in [-0.15, -0.1) is 24.8 Å². The second kappa shape index (κ2) is 15.7. The maximum absolute atomic E-state index is 8.44. The van der Waals surface area contributed by atoms with Crippen molar-refractivity contribution in [3.05, 3.63) is 24.3 Å². The Morgan fingerprint density at radius 3 is 2.33 bits per heavy atom. The number of halogens is 3. The van der Waals surface area contributed by atoms with Crippen LogP contribution in [0.15, 0.2) is 24.3 Å². The number of ether oxygens (including phenoxy) is 1. The van der Waals surface area contributed by atoms with Crippen molar-refractivity contribution in [2.45, 2.75) is 0 Å². The van der Waals surface area contributed by atoms with Gasteiger partial charge < -0.3 is 39.6 Å². The van der Waals surface area contributed by atoms with Crippen LogP contribution in [-0.2, 0) is 0 Å². The predicted molar refractivity (Wildman–Crippen MR) is 57.9 cm³/mol. The standard InChI is InChI=1S/C8H11NO2.2ClH.HI.K/c9-7-2-1-3-8(6-7)11-5-4-10;;;;/h1-3,6,10H,4-5,9H2;3*1H;/q;;;;+1/p-1. The number of aliphatic hydroxyl groups excluding tert-OH is 1. The molecule has 0 saturated carbocycles. The zero-order valence-corrected chi connectivity index (χ0v) is 15.3. The number of nitrogen functional groups attached to an aromatic ring is 1. The summed E-state index contributed by atoms with van der Waals surface area (Å²) in [5.41, 5.74) is 6.15. The van der Waals surface area contributed by atoms with Gasteiger partial charge in [-0.05, 0) is 12.1 Å². The van der Waals surface area contributed by atoms with E-state index in [4.69, 9.17) is 15.6 Å². The Morgan fingerprint density at radius 2 is 1.87 bits per heavy atom. The van der Waals surface area contributed by atoms with Crippen LogP contribution in [0.5, 0.6) is 5.75 Å². The molecule has 0 aliphatic rings. The minimum atomic E-state index is 0. The number of hydrogen-bond acceptors (Lipinski definition) is 3. The molecule has 7 heteroatoms. The summed E-state index contributed by atoms with van der Waals surface area (Å²) in [7, 11) is 0. The van der Waals surface area contributed by atoms with E-state index in [1.54, 1.807) is 18.2 Å². The average molecular weight is 392 g/mol. The smallest absolute Gasteiger partial charge is 1.00 e. The predicted octanol–water partition coefficient (Wildman–Crippen LogP) is -4.51. The molecular formula is C8H13Cl2IKNO2. The third-order valence-electron chi connectivity index (χ3n) is 1.22. The number of aliphatic hydroxyl groups is 1. The number of hydrogen-bond donors (Lipinski definition) is 2. The quantitative estimate of drug-likeness (QED) is 0.310. The second-order valence-electron chi connectivity index (χ2n) is 2.14. The van der Waals surface area contributed by atoms with E-state index in [2.05, 4.69) is 0 Å². The Bertz CT molecular complexity index is 244. The molecule has 0 amide bonds. The van der Waals surface area contributed by atoms with Crippen LogP contribution in [-0.4, -0.2) is 18.3 Å². The van der Waals surface area contributed by atoms with Crippen LogP contribution in [0.3, 0.4) is 0 Å². The molecule has 1 rings (SSSR count). The first-order valence-electron chi connectivity index (χ1n) is 3.42. The van der Waals surface area contributed by atoms with Gasteiger partial charge in [0.25, 0.3) is 0 Å². The first kappa shape index (κ1) is 25.5. The van der Waals surface area contributed by atoms with Crippen LogP contribution >= 0.6 is 24.8 Å². The normalized spacial score (nSPS) is 7.00. The number of rotatable bonds is 3. The fourth-order valence-electron chi connectivity index (χ4n) is 0.768. The molecule has 84 valence electrons. The van der Waals surface area contributed by atoms with E-state index in [-0.39, 0.29) is 107 Å². The van der Waals surface area contributed by atoms with E-state index in [0.717, 1.165) is 0 Å². The largest absolute Gasteiger partial charge is 1.00 e. The summed E-state index contributed by atoms with van der Waals surface area (Å²) in [6.07, 6.45) is 0. The van der Waals surface area contributed by atoms with Gasteiger partial charge in [0.1, 0.15) is 12.4 Å². The van der Waals surface area contributed by atoms with E-state index in [1.165, 1.54) is 0 Å². The maximum Gasteiger partial charge on any atom is 1.00 e. The summed E-state index contributed by atoms with van der Waals surface area (Å²) in [6.45, 7) is 0.332. The molecule has 3 N–H and O–H groups in total. The van der Waals surface area contributed by atoms with Gasteiger partial charge >= 0.3 is 51.4 Å². The molecule has 0 bridgehead atoms. The van der Waals surface area contributed by atoms with Gasteiger partial charge in [-0.1, -0.05) is 6.07 Å². The van der Waals surface area contributed by atoms with Gasteiger partial charge in [0.2, 0.25) is 0 Å². The molecule has 0 unspecified atom stereocenters. The fourth-order valence-corrected chi connectivity index (χ4v) is 0.768. The number of benzene rings is 1. The third-order valence-corrected chi connectivity index (χ3v) is 1.22. The molecule has 0 atom stereocenters. The van der Waals surface area contributed by atoms with Crippen molar-refractivity contribution >= 4 is 30.5 Å². The van der Waals surface area contributed by atoms with Gasteiger partial charge in [0.05, 0.1) is 6.61 Å². The Labute approximate surface area is 162 Å². The second-order valence-corrected chi connectivity index (χ2v) is 2.14. The summed E-state index contributed by atoms with van der Waals surface area (Å²) in [4.78, 5) is 0. The Kier molecular flexibility index (Phi) is 26.8. The molecule has 1 aromatic rings. The topological polar surface area (TPSA) is 55.5 Å². The summed E-state index contributed by atoms with van der Waals surface area (Å²) in [6, 6.07) is 7.11. The molecule has 0 spiro atoms. The van der Waals surface area contributed by atoms with Crippen molar-refractivity contribution in [1.29, 1.82) is 0 Å². The minimum Gasteiger partial charge on any atom is -1.00 e. The maximum atomic E-state index is 8.44. The molecule has 0 saturated heterocycles. The van der Waals surface area contributed by atoms with Crippen molar-refractivity contribution < 1.29 is 85.2 Å². The van der Waals surface area contributed by atoms with Crippen molar-refractivity contribution in [3.8, 4) is 5.75 Å². The first-order chi connectivity index (χ1) is 5.33. The van der Waals surface area contributed by atoms with E-state index < -0.39 is 0 Å². The summed E-state index contributed by atoms with van der Waals surface area (Å²) in [5, 5.41) is 8.44. The monoisotopic (exact) mass is 391 g/mol. The van der Waals surface area contributed by atoms with Crippen molar-refractivity contribution in [2.24, 2.45) is 0 Å². The third kappa shape index (κ3) is 12.0. The molecule has 0 aromatic heterocycles. The summed E-state index contributed by atoms with van der Waals surface area (Å²) < 4.78 is 5.11. The molecule has 0 heterocycles. The van der Waals surface area contributed by atoms with Crippen LogP contribution in [0, 0.1) is 0 Å². The Hall–Kier alpha value is 1.73. The molecule has 0 aliphatic heterocycles. The van der Waals surface area contributed by atoms with Crippen molar-refractivity contribution in [3.63, 3.8) is 0 Å². The zero-order valence-electron chi connectivity index (χ0n) is 8.35. The molecule has 0 aliphatic carbocycles. The number of anilines is 1. The molecule has 15 heavy (non-hydrogen) atoms. The van der Waals surface area contributed by atoms with Gasteiger partial charge in [0.15, 0.2) is 0 Å². The van der Waals surface area contributed by atoms with Crippen LogP contribution in [0.2, 0.25) is 0 Å². The first-order valence-corrected chi connectivity index (χ1v) is 3.42. The Morgan fingerprint density at radius 1 is 1.27 bits per heavy atom. The van der Waals surface area contributed by atoms with Crippen LogP contribution in [0.1, 0.15) is 0 Å². The summed E-state index contributed by atoms with van der Waals surface area (Å²) in [5.74, 6) is 0.694. The molecule has 0 fully saturated rings. The van der Waals surface area contributed by atoms with Crippen molar-refractivity contribution in [1.82, 2.24) is 0 Å². The molecule has 1 aromatic carbocycles. The number of nitrogens with two attached hydrogens (primary N) is 1. The van der Waals surface area contributed by atoms with Crippen LogP contribution in [0.25, 0.3) is 0 Å². The SMILES string of the molecule is Cl.Cl.Nc1cccc(OCCO)c1.[I-].[K+]. The van der Waals surface area contributed by atoms with Crippen LogP contribution in [0.4, 0.5) is 5.69 Å². The van der Waals surface area contributed by atoms with Gasteiger partial charge in [-0.3, -0.25) is 0 Å². The van der Waals surface area contributed by atoms with Gasteiger partial charge in [0, 0.05) is 11.8 Å². The van der Waals surface area contributed by atoms with Crippen molar-refractivity contribution in [2.75, 3.05) is 18.9 Å². The van der Waals surface area contributed by atoms with E-state index in [9.17, 15) is 0 Å². The summed E-state index contributed by atoms with van der Waals surface area (Å²) >= 11 is 0. The zero-order chi connectivity index (χ0) is 8.10. The van der Waals surface area contributed by atoms with E-state index in [1.807, 2.05) is 6.07 Å². The molecular weight excluding hydrogens is 379 g/mol.